The van der Waals surface area contributed by atoms with Crippen LogP contribution < -0.4 is 5.32 Å². The van der Waals surface area contributed by atoms with Crippen LogP contribution in [0, 0.1) is 5.82 Å². The van der Waals surface area contributed by atoms with E-state index >= 15 is 0 Å². The highest BCUT2D eigenvalue weighted by Gasteiger charge is 2.19. The number of benzene rings is 2. The van der Waals surface area contributed by atoms with Gasteiger partial charge in [-0.3, -0.25) is 9.36 Å². The van der Waals surface area contributed by atoms with E-state index in [1.807, 2.05) is 30.3 Å². The summed E-state index contributed by atoms with van der Waals surface area (Å²) < 4.78 is 21.1. The Morgan fingerprint density at radius 3 is 2.64 bits per heavy atom. The van der Waals surface area contributed by atoms with E-state index in [1.165, 1.54) is 17.8 Å². The van der Waals surface area contributed by atoms with E-state index in [-0.39, 0.29) is 17.5 Å². The molecule has 6 nitrogen and oxygen atoms in total. The number of carbonyl (C=O) groups is 1. The van der Waals surface area contributed by atoms with Gasteiger partial charge in [0, 0.05) is 25.9 Å². The highest BCUT2D eigenvalue weighted by atomic mass is 32.2. The van der Waals surface area contributed by atoms with Crippen LogP contribution in [0.4, 0.5) is 4.39 Å². The van der Waals surface area contributed by atoms with Gasteiger partial charge in [-0.15, -0.1) is 10.2 Å². The lowest BCUT2D eigenvalue weighted by Crippen LogP contribution is -2.26. The van der Waals surface area contributed by atoms with Crippen molar-refractivity contribution < 1.29 is 13.9 Å². The summed E-state index contributed by atoms with van der Waals surface area (Å²) in [6, 6.07) is 15.9. The minimum atomic E-state index is -0.375. The molecule has 146 valence electrons. The molecule has 0 atom stereocenters. The second-order valence-corrected chi connectivity index (χ2v) is 6.88. The van der Waals surface area contributed by atoms with Gasteiger partial charge in [-0.25, -0.2) is 4.39 Å². The molecule has 0 spiro atoms. The third-order valence-corrected chi connectivity index (χ3v) is 4.87. The average Bonchev–Trinajstić information content (AvgIpc) is 3.14. The monoisotopic (exact) mass is 400 g/mol. The van der Waals surface area contributed by atoms with Crippen LogP contribution in [-0.2, 0) is 9.53 Å². The largest absolute Gasteiger partial charge is 0.385 e. The number of halogens is 1. The Kier molecular flexibility index (Phi) is 7.16. The summed E-state index contributed by atoms with van der Waals surface area (Å²) in [7, 11) is 1.63. The van der Waals surface area contributed by atoms with Crippen molar-refractivity contribution in [2.75, 3.05) is 26.0 Å². The summed E-state index contributed by atoms with van der Waals surface area (Å²) in [5, 5.41) is 11.8. The molecule has 0 bridgehead atoms. The molecule has 0 aliphatic rings. The number of hydrogen-bond donors (Lipinski definition) is 1. The van der Waals surface area contributed by atoms with Crippen LogP contribution in [0.1, 0.15) is 6.42 Å². The van der Waals surface area contributed by atoms with Crippen molar-refractivity contribution in [3.8, 4) is 17.1 Å². The van der Waals surface area contributed by atoms with E-state index in [1.54, 1.807) is 29.9 Å². The predicted octanol–water partition coefficient (Wildman–Crippen LogP) is 3.32. The van der Waals surface area contributed by atoms with Crippen molar-refractivity contribution in [2.45, 2.75) is 11.6 Å². The molecule has 1 N–H and O–H groups in total. The number of methoxy groups -OCH3 is 1. The minimum Gasteiger partial charge on any atom is -0.385 e. The number of amides is 1. The molecule has 0 radical (unpaired) electrons. The normalized spacial score (nSPS) is 10.8. The lowest BCUT2D eigenvalue weighted by molar-refractivity contribution is -0.118. The molecule has 0 aliphatic heterocycles. The summed E-state index contributed by atoms with van der Waals surface area (Å²) in [6.07, 6.45) is 0.755. The fraction of sp³-hybridized carbons (Fsp3) is 0.250. The van der Waals surface area contributed by atoms with Gasteiger partial charge < -0.3 is 10.1 Å². The fourth-order valence-electron chi connectivity index (χ4n) is 2.62. The Morgan fingerprint density at radius 1 is 1.14 bits per heavy atom. The number of nitrogens with one attached hydrogen (secondary N) is 1. The Hall–Kier alpha value is -2.71. The second kappa shape index (κ2) is 10.0. The van der Waals surface area contributed by atoms with E-state index in [0.717, 1.165) is 12.1 Å². The smallest absolute Gasteiger partial charge is 0.230 e. The van der Waals surface area contributed by atoms with E-state index in [0.29, 0.717) is 29.7 Å². The average molecular weight is 400 g/mol. The Balaban J connectivity index is 1.82. The maximum absolute atomic E-state index is 14.3. The summed E-state index contributed by atoms with van der Waals surface area (Å²) >= 11 is 1.26. The summed E-state index contributed by atoms with van der Waals surface area (Å²) in [4.78, 5) is 12.1. The Morgan fingerprint density at radius 2 is 1.89 bits per heavy atom. The van der Waals surface area contributed by atoms with Crippen LogP contribution in [0.25, 0.3) is 17.1 Å². The number of para-hydroxylation sites is 1. The zero-order valence-corrected chi connectivity index (χ0v) is 16.3. The number of aromatic nitrogens is 3. The fourth-order valence-corrected chi connectivity index (χ4v) is 3.40. The Bertz CT molecular complexity index is 918. The summed E-state index contributed by atoms with van der Waals surface area (Å²) in [5.41, 5.74) is 1.16. The topological polar surface area (TPSA) is 69.0 Å². The number of rotatable bonds is 9. The maximum Gasteiger partial charge on any atom is 0.230 e. The number of carbonyl (C=O) groups excluding carboxylic acids is 1. The van der Waals surface area contributed by atoms with E-state index in [9.17, 15) is 9.18 Å². The SMILES string of the molecule is COCCCNC(=O)CSc1nnc(-c2ccccc2F)n1-c1ccccc1. The molecule has 0 saturated heterocycles. The summed E-state index contributed by atoms with van der Waals surface area (Å²) in [5.74, 6) is 0.109. The Labute approximate surface area is 167 Å². The van der Waals surface area contributed by atoms with E-state index in [4.69, 9.17) is 4.74 Å². The van der Waals surface area contributed by atoms with Gasteiger partial charge in [0.15, 0.2) is 11.0 Å². The van der Waals surface area contributed by atoms with Crippen molar-refractivity contribution in [1.82, 2.24) is 20.1 Å². The van der Waals surface area contributed by atoms with Gasteiger partial charge in [0.05, 0.1) is 11.3 Å². The van der Waals surface area contributed by atoms with Crippen LogP contribution >= 0.6 is 11.8 Å². The molecule has 28 heavy (non-hydrogen) atoms. The van der Waals surface area contributed by atoms with Gasteiger partial charge in [0.2, 0.25) is 5.91 Å². The predicted molar refractivity (Wildman–Crippen MR) is 107 cm³/mol. The molecule has 1 aromatic heterocycles. The molecule has 1 heterocycles. The standard InChI is InChI=1S/C20H21FN4O2S/c1-27-13-7-12-22-18(26)14-28-20-24-23-19(16-10-5-6-11-17(16)21)25(20)15-8-3-2-4-9-15/h2-6,8-11H,7,12-14H2,1H3,(H,22,26). The highest BCUT2D eigenvalue weighted by Crippen LogP contribution is 2.29. The highest BCUT2D eigenvalue weighted by molar-refractivity contribution is 7.99. The van der Waals surface area contributed by atoms with Gasteiger partial charge in [-0.05, 0) is 30.7 Å². The van der Waals surface area contributed by atoms with Crippen molar-refractivity contribution >= 4 is 17.7 Å². The molecule has 0 saturated carbocycles. The second-order valence-electron chi connectivity index (χ2n) is 5.94. The molecular weight excluding hydrogens is 379 g/mol. The maximum atomic E-state index is 14.3. The molecule has 0 unspecified atom stereocenters. The number of nitrogens with zero attached hydrogens (tertiary/aromatic N) is 3. The van der Waals surface area contributed by atoms with Crippen molar-refractivity contribution in [2.24, 2.45) is 0 Å². The first-order chi connectivity index (χ1) is 13.7. The van der Waals surface area contributed by atoms with Crippen LogP contribution in [-0.4, -0.2) is 46.7 Å². The van der Waals surface area contributed by atoms with Crippen LogP contribution in [0.2, 0.25) is 0 Å². The molecule has 0 fully saturated rings. The van der Waals surface area contributed by atoms with Gasteiger partial charge in [0.25, 0.3) is 0 Å². The van der Waals surface area contributed by atoms with Gasteiger partial charge in [-0.2, -0.15) is 0 Å². The minimum absolute atomic E-state index is 0.101. The first-order valence-corrected chi connectivity index (χ1v) is 9.83. The number of hydrogen-bond acceptors (Lipinski definition) is 5. The zero-order valence-electron chi connectivity index (χ0n) is 15.5. The van der Waals surface area contributed by atoms with E-state index in [2.05, 4.69) is 15.5 Å². The molecule has 2 aromatic carbocycles. The van der Waals surface area contributed by atoms with Gasteiger partial charge >= 0.3 is 0 Å². The van der Waals surface area contributed by atoms with Crippen molar-refractivity contribution in [1.29, 1.82) is 0 Å². The number of ether oxygens (including phenoxy) is 1. The van der Waals surface area contributed by atoms with Crippen LogP contribution in [0.5, 0.6) is 0 Å². The molecule has 3 aromatic rings. The zero-order chi connectivity index (χ0) is 19.8. The molecule has 1 amide bonds. The van der Waals surface area contributed by atoms with Gasteiger partial charge in [-0.1, -0.05) is 42.1 Å². The quantitative estimate of drug-likeness (QED) is 0.441. The van der Waals surface area contributed by atoms with E-state index < -0.39 is 0 Å². The lowest BCUT2D eigenvalue weighted by Gasteiger charge is -2.11. The summed E-state index contributed by atoms with van der Waals surface area (Å²) in [6.45, 7) is 1.15. The first-order valence-electron chi connectivity index (χ1n) is 8.85. The molecular formula is C20H21FN4O2S. The third-order valence-electron chi connectivity index (χ3n) is 3.94. The number of thioether (sulfide) groups is 1. The third kappa shape index (κ3) is 4.96. The molecule has 3 rings (SSSR count). The molecule has 8 heteroatoms. The first kappa shape index (κ1) is 20.0. The van der Waals surface area contributed by atoms with Crippen LogP contribution in [0.3, 0.4) is 0 Å². The lowest BCUT2D eigenvalue weighted by atomic mass is 10.2. The van der Waals surface area contributed by atoms with Crippen molar-refractivity contribution in [3.05, 3.63) is 60.4 Å². The van der Waals surface area contributed by atoms with Gasteiger partial charge in [0.1, 0.15) is 5.82 Å². The van der Waals surface area contributed by atoms with Crippen molar-refractivity contribution in [3.63, 3.8) is 0 Å². The molecule has 0 aliphatic carbocycles. The van der Waals surface area contributed by atoms with Crippen LogP contribution in [0.15, 0.2) is 59.8 Å².